The lowest BCUT2D eigenvalue weighted by molar-refractivity contribution is 0.193. The van der Waals surface area contributed by atoms with E-state index in [1.807, 2.05) is 6.07 Å². The van der Waals surface area contributed by atoms with Gasteiger partial charge in [0.05, 0.1) is 31.6 Å². The molecule has 1 fully saturated rings. The molecule has 3 atom stereocenters. The van der Waals surface area contributed by atoms with Crippen molar-refractivity contribution in [3.63, 3.8) is 0 Å². The third kappa shape index (κ3) is 4.79. The predicted octanol–water partition coefficient (Wildman–Crippen LogP) is 1.78. The van der Waals surface area contributed by atoms with Gasteiger partial charge in [0.2, 0.25) is 27.7 Å². The summed E-state index contributed by atoms with van der Waals surface area (Å²) in [6.07, 6.45) is 3.38. The van der Waals surface area contributed by atoms with Gasteiger partial charge in [0.1, 0.15) is 18.2 Å². The number of nitrogens with one attached hydrogen (secondary N) is 1. The molecule has 1 aliphatic heterocycles. The third-order valence-corrected chi connectivity index (χ3v) is 8.01. The first-order valence-electron chi connectivity index (χ1n) is 11.1. The van der Waals surface area contributed by atoms with Crippen LogP contribution >= 0.6 is 0 Å². The van der Waals surface area contributed by atoms with Crippen LogP contribution in [0.3, 0.4) is 0 Å². The summed E-state index contributed by atoms with van der Waals surface area (Å²) in [5, 5.41) is 16.5. The van der Waals surface area contributed by atoms with E-state index in [2.05, 4.69) is 29.9 Å². The summed E-state index contributed by atoms with van der Waals surface area (Å²) < 4.78 is 47.4. The second-order valence-corrected chi connectivity index (χ2v) is 10.3. The Bertz CT molecular complexity index is 1340. The van der Waals surface area contributed by atoms with Gasteiger partial charge in [-0.05, 0) is 25.5 Å². The molecule has 0 aliphatic carbocycles. The average molecular weight is 515 g/mol. The lowest BCUT2D eigenvalue weighted by Crippen LogP contribution is -2.31. The van der Waals surface area contributed by atoms with Crippen molar-refractivity contribution >= 4 is 16.0 Å². The fourth-order valence-corrected chi connectivity index (χ4v) is 5.14. The van der Waals surface area contributed by atoms with Crippen LogP contribution in [0.1, 0.15) is 49.2 Å². The minimum Gasteiger partial charge on any atom is -0.479 e. The molecule has 190 valence electrons. The molecule has 0 spiro atoms. The number of sulfonamides is 1. The highest BCUT2D eigenvalue weighted by molar-refractivity contribution is 7.93. The zero-order valence-electron chi connectivity index (χ0n) is 20.2. The van der Waals surface area contributed by atoms with Crippen molar-refractivity contribution < 1.29 is 22.6 Å². The molecular formula is C22H26N8O5S. The lowest BCUT2D eigenvalue weighted by atomic mass is 10.0. The zero-order chi connectivity index (χ0) is 25.9. The summed E-state index contributed by atoms with van der Waals surface area (Å²) in [5.74, 6) is 0.0974. The Morgan fingerprint density at radius 1 is 1.17 bits per heavy atom. The number of nitrogens with zero attached hydrogens (tertiary/aromatic N) is 7. The SMILES string of the molecule is COc1ncnc(OC)c1-n1c(NS(=O)(=O)C(C)C(C)c2ccc(C#N)cn2)nnc1[C@@H]1CCOC1. The molecule has 1 saturated heterocycles. The average Bonchev–Trinajstić information content (AvgIpc) is 3.57. The molecule has 0 aromatic carbocycles. The first-order valence-corrected chi connectivity index (χ1v) is 12.7. The van der Waals surface area contributed by atoms with Gasteiger partial charge >= 0.3 is 0 Å². The molecule has 0 saturated carbocycles. The van der Waals surface area contributed by atoms with Crippen molar-refractivity contribution in [2.24, 2.45) is 0 Å². The standard InChI is InChI=1S/C22H26N8O5S/c1-13(17-6-5-15(9-23)10-24-17)14(2)36(31,32)29-22-28-27-19(16-7-8-35-11-16)30(22)18-20(33-3)25-12-26-21(18)34-4/h5-6,10,12-14,16H,7-8,11H2,1-4H3,(H,28,29)/t13?,14?,16-/m1/s1. The number of aromatic nitrogens is 6. The van der Waals surface area contributed by atoms with Crippen molar-refractivity contribution in [2.45, 2.75) is 37.4 Å². The number of ether oxygens (including phenoxy) is 3. The van der Waals surface area contributed by atoms with Crippen LogP contribution in [-0.2, 0) is 14.8 Å². The van der Waals surface area contributed by atoms with E-state index in [1.54, 1.807) is 26.0 Å². The molecule has 13 nitrogen and oxygen atoms in total. The smallest absolute Gasteiger partial charge is 0.245 e. The van der Waals surface area contributed by atoms with E-state index in [-0.39, 0.29) is 29.3 Å². The van der Waals surface area contributed by atoms with Crippen LogP contribution in [0.25, 0.3) is 5.69 Å². The third-order valence-electron chi connectivity index (χ3n) is 6.16. The molecule has 36 heavy (non-hydrogen) atoms. The molecule has 3 aromatic rings. The Hall–Kier alpha value is -3.83. The largest absolute Gasteiger partial charge is 0.479 e. The maximum Gasteiger partial charge on any atom is 0.245 e. The topological polar surface area (TPSA) is 167 Å². The summed E-state index contributed by atoms with van der Waals surface area (Å²) in [6, 6.07) is 5.25. The monoisotopic (exact) mass is 514 g/mol. The van der Waals surface area contributed by atoms with Crippen molar-refractivity contribution in [2.75, 3.05) is 32.2 Å². The van der Waals surface area contributed by atoms with Crippen molar-refractivity contribution in [3.8, 4) is 23.5 Å². The van der Waals surface area contributed by atoms with E-state index < -0.39 is 21.2 Å². The van der Waals surface area contributed by atoms with E-state index >= 15 is 0 Å². The van der Waals surface area contributed by atoms with E-state index in [0.29, 0.717) is 36.7 Å². The van der Waals surface area contributed by atoms with E-state index in [9.17, 15) is 8.42 Å². The highest BCUT2D eigenvalue weighted by atomic mass is 32.2. The number of rotatable bonds is 9. The Morgan fingerprint density at radius 2 is 1.89 bits per heavy atom. The van der Waals surface area contributed by atoms with Gasteiger partial charge in [-0.1, -0.05) is 6.92 Å². The van der Waals surface area contributed by atoms with Crippen LogP contribution in [0, 0.1) is 11.3 Å². The number of anilines is 1. The fraction of sp³-hybridized carbons (Fsp3) is 0.455. The summed E-state index contributed by atoms with van der Waals surface area (Å²) in [7, 11) is -1.11. The number of pyridine rings is 1. The molecule has 1 N–H and O–H groups in total. The summed E-state index contributed by atoms with van der Waals surface area (Å²) in [5.41, 5.74) is 1.20. The van der Waals surface area contributed by atoms with Crippen LogP contribution in [0.15, 0.2) is 24.7 Å². The van der Waals surface area contributed by atoms with Crippen molar-refractivity contribution in [1.82, 2.24) is 29.7 Å². The summed E-state index contributed by atoms with van der Waals surface area (Å²) >= 11 is 0. The Morgan fingerprint density at radius 3 is 2.44 bits per heavy atom. The van der Waals surface area contributed by atoms with E-state index in [1.165, 1.54) is 31.3 Å². The van der Waals surface area contributed by atoms with Crippen molar-refractivity contribution in [1.29, 1.82) is 5.26 Å². The maximum atomic E-state index is 13.5. The number of hydrogen-bond donors (Lipinski definition) is 1. The predicted molar refractivity (Wildman–Crippen MR) is 128 cm³/mol. The minimum absolute atomic E-state index is 0.0601. The molecule has 1 aliphatic rings. The first kappa shape index (κ1) is 25.3. The molecule has 4 heterocycles. The van der Waals surface area contributed by atoms with Crippen LogP contribution in [0.4, 0.5) is 5.95 Å². The van der Waals surface area contributed by atoms with Crippen LogP contribution in [0.2, 0.25) is 0 Å². The Kier molecular flexibility index (Phi) is 7.32. The van der Waals surface area contributed by atoms with E-state index in [0.717, 1.165) is 0 Å². The molecule has 3 aromatic heterocycles. The van der Waals surface area contributed by atoms with Crippen LogP contribution in [-0.4, -0.2) is 70.8 Å². The summed E-state index contributed by atoms with van der Waals surface area (Å²) in [4.78, 5) is 12.6. The molecule has 0 amide bonds. The molecular weight excluding hydrogens is 488 g/mol. The molecule has 14 heteroatoms. The number of hydrogen-bond acceptors (Lipinski definition) is 11. The van der Waals surface area contributed by atoms with Gasteiger partial charge in [-0.15, -0.1) is 10.2 Å². The normalized spacial score (nSPS) is 17.2. The van der Waals surface area contributed by atoms with Gasteiger partial charge in [-0.2, -0.15) is 15.2 Å². The molecule has 0 bridgehead atoms. The van der Waals surface area contributed by atoms with Gasteiger partial charge < -0.3 is 14.2 Å². The maximum absolute atomic E-state index is 13.5. The van der Waals surface area contributed by atoms with Gasteiger partial charge in [-0.25, -0.2) is 8.42 Å². The highest BCUT2D eigenvalue weighted by Crippen LogP contribution is 2.36. The zero-order valence-corrected chi connectivity index (χ0v) is 21.1. The highest BCUT2D eigenvalue weighted by Gasteiger charge is 2.34. The minimum atomic E-state index is -3.99. The lowest BCUT2D eigenvalue weighted by Gasteiger charge is -2.22. The Labute approximate surface area is 208 Å². The van der Waals surface area contributed by atoms with Gasteiger partial charge in [-0.3, -0.25) is 14.3 Å². The molecule has 0 radical (unpaired) electrons. The fourth-order valence-electron chi connectivity index (χ4n) is 3.89. The second kappa shape index (κ2) is 10.4. The summed E-state index contributed by atoms with van der Waals surface area (Å²) in [6.45, 7) is 4.28. The van der Waals surface area contributed by atoms with Gasteiger partial charge in [0.15, 0.2) is 5.69 Å². The van der Waals surface area contributed by atoms with E-state index in [4.69, 9.17) is 19.5 Å². The van der Waals surface area contributed by atoms with Gasteiger partial charge in [0, 0.05) is 30.3 Å². The number of methoxy groups -OCH3 is 2. The van der Waals surface area contributed by atoms with Crippen LogP contribution in [0.5, 0.6) is 11.8 Å². The van der Waals surface area contributed by atoms with Crippen molar-refractivity contribution in [3.05, 3.63) is 41.7 Å². The number of nitriles is 1. The first-order chi connectivity index (χ1) is 17.3. The quantitative estimate of drug-likeness (QED) is 0.442. The van der Waals surface area contributed by atoms with Gasteiger partial charge in [0.25, 0.3) is 0 Å². The second-order valence-electron chi connectivity index (χ2n) is 8.24. The molecule has 2 unspecified atom stereocenters. The Balaban J connectivity index is 1.75. The molecule has 4 rings (SSSR count). The van der Waals surface area contributed by atoms with Crippen LogP contribution < -0.4 is 14.2 Å².